The fourth-order valence-electron chi connectivity index (χ4n) is 2.73. The summed E-state index contributed by atoms with van der Waals surface area (Å²) in [4.78, 5) is 13.5. The predicted octanol–water partition coefficient (Wildman–Crippen LogP) is 3.62. The van der Waals surface area contributed by atoms with E-state index in [9.17, 15) is 4.79 Å². The van der Waals surface area contributed by atoms with E-state index in [0.717, 1.165) is 17.9 Å². The van der Waals surface area contributed by atoms with Crippen molar-refractivity contribution in [1.29, 1.82) is 0 Å². The smallest absolute Gasteiger partial charge is 0.248 e. The quantitative estimate of drug-likeness (QED) is 0.544. The van der Waals surface area contributed by atoms with Crippen LogP contribution in [0, 0.1) is 0 Å². The van der Waals surface area contributed by atoms with Gasteiger partial charge in [-0.25, -0.2) is 0 Å². The Balaban J connectivity index is 1.45. The number of rotatable bonds is 10. The molecule has 0 saturated carbocycles. The third kappa shape index (κ3) is 6.19. The van der Waals surface area contributed by atoms with Crippen molar-refractivity contribution in [2.45, 2.75) is 45.8 Å². The first-order valence-corrected chi connectivity index (χ1v) is 9.56. The first kappa shape index (κ1) is 19.5. The SMILES string of the molecule is CCCCCc1ccc(NC(=O)Cn2nnc(COc3ccccc3)n2)cc1. The number of benzene rings is 2. The Morgan fingerprint density at radius 1 is 1.07 bits per heavy atom. The average Bonchev–Trinajstić information content (AvgIpc) is 3.16. The van der Waals surface area contributed by atoms with E-state index in [0.29, 0.717) is 5.82 Å². The van der Waals surface area contributed by atoms with Gasteiger partial charge in [-0.15, -0.1) is 10.2 Å². The minimum absolute atomic E-state index is 0.00338. The Morgan fingerprint density at radius 3 is 2.61 bits per heavy atom. The van der Waals surface area contributed by atoms with Gasteiger partial charge in [-0.2, -0.15) is 4.80 Å². The van der Waals surface area contributed by atoms with Crippen molar-refractivity contribution >= 4 is 11.6 Å². The normalized spacial score (nSPS) is 10.6. The third-order valence-electron chi connectivity index (χ3n) is 4.20. The predicted molar refractivity (Wildman–Crippen MR) is 107 cm³/mol. The molecule has 0 bridgehead atoms. The van der Waals surface area contributed by atoms with E-state index >= 15 is 0 Å². The number of para-hydroxylation sites is 1. The highest BCUT2D eigenvalue weighted by atomic mass is 16.5. The van der Waals surface area contributed by atoms with Gasteiger partial charge in [0.05, 0.1) is 0 Å². The molecule has 0 atom stereocenters. The maximum Gasteiger partial charge on any atom is 0.248 e. The molecule has 1 N–H and O–H groups in total. The highest BCUT2D eigenvalue weighted by molar-refractivity contribution is 5.90. The van der Waals surface area contributed by atoms with Crippen LogP contribution in [0.1, 0.15) is 37.6 Å². The molecule has 7 heteroatoms. The number of anilines is 1. The molecular weight excluding hydrogens is 354 g/mol. The van der Waals surface area contributed by atoms with E-state index in [1.165, 1.54) is 29.6 Å². The summed E-state index contributed by atoms with van der Waals surface area (Å²) in [7, 11) is 0. The van der Waals surface area contributed by atoms with Gasteiger partial charge in [-0.05, 0) is 47.9 Å². The summed E-state index contributed by atoms with van der Waals surface area (Å²) in [5.41, 5.74) is 2.05. The summed E-state index contributed by atoms with van der Waals surface area (Å²) in [5.74, 6) is 0.953. The molecule has 146 valence electrons. The van der Waals surface area contributed by atoms with Gasteiger partial charge in [0.25, 0.3) is 0 Å². The summed E-state index contributed by atoms with van der Waals surface area (Å²) in [6.45, 7) is 2.39. The van der Waals surface area contributed by atoms with E-state index in [1.54, 1.807) is 0 Å². The monoisotopic (exact) mass is 379 g/mol. The zero-order chi connectivity index (χ0) is 19.6. The van der Waals surface area contributed by atoms with Crippen LogP contribution in [0.2, 0.25) is 0 Å². The molecule has 0 aliphatic heterocycles. The van der Waals surface area contributed by atoms with Crippen LogP contribution in [0.15, 0.2) is 54.6 Å². The number of hydrogen-bond acceptors (Lipinski definition) is 5. The third-order valence-corrected chi connectivity index (χ3v) is 4.20. The molecule has 0 fully saturated rings. The van der Waals surface area contributed by atoms with Gasteiger partial charge < -0.3 is 10.1 Å². The standard InChI is InChI=1S/C21H25N5O2/c1-2-3-5-8-17-11-13-18(14-12-17)22-21(27)15-26-24-20(23-25-26)16-28-19-9-6-4-7-10-19/h4,6-7,9-14H,2-3,5,8,15-16H2,1H3,(H,22,27). The van der Waals surface area contributed by atoms with E-state index < -0.39 is 0 Å². The molecule has 1 heterocycles. The Labute approximate surface area is 164 Å². The van der Waals surface area contributed by atoms with Gasteiger partial charge in [-0.3, -0.25) is 4.79 Å². The van der Waals surface area contributed by atoms with Crippen molar-refractivity contribution in [3.8, 4) is 5.75 Å². The molecule has 0 spiro atoms. The molecule has 3 aromatic rings. The number of unbranched alkanes of at least 4 members (excludes halogenated alkanes) is 2. The molecule has 0 radical (unpaired) electrons. The summed E-state index contributed by atoms with van der Waals surface area (Å²) in [6, 6.07) is 17.4. The van der Waals surface area contributed by atoms with E-state index in [2.05, 4.69) is 39.8 Å². The number of hydrogen-bond donors (Lipinski definition) is 1. The van der Waals surface area contributed by atoms with Crippen LogP contribution >= 0.6 is 0 Å². The van der Waals surface area contributed by atoms with Crippen LogP contribution in [-0.2, 0) is 24.4 Å². The summed E-state index contributed by atoms with van der Waals surface area (Å²) >= 11 is 0. The molecule has 3 rings (SSSR count). The summed E-state index contributed by atoms with van der Waals surface area (Å²) in [6.07, 6.45) is 4.71. The Bertz CT molecular complexity index is 862. The number of ether oxygens (including phenoxy) is 1. The minimum Gasteiger partial charge on any atom is -0.485 e. The number of carbonyl (C=O) groups excluding carboxylic acids is 1. The zero-order valence-electron chi connectivity index (χ0n) is 16.0. The largest absolute Gasteiger partial charge is 0.485 e. The second-order valence-electron chi connectivity index (χ2n) is 6.54. The molecule has 7 nitrogen and oxygen atoms in total. The summed E-state index contributed by atoms with van der Waals surface area (Å²) in [5, 5.41) is 14.8. The van der Waals surface area contributed by atoms with Crippen LogP contribution in [0.4, 0.5) is 5.69 Å². The van der Waals surface area contributed by atoms with Crippen molar-refractivity contribution in [2.75, 3.05) is 5.32 Å². The second kappa shape index (κ2) is 10.2. The van der Waals surface area contributed by atoms with Crippen molar-refractivity contribution in [2.24, 2.45) is 0 Å². The fraction of sp³-hybridized carbons (Fsp3) is 0.333. The molecule has 2 aromatic carbocycles. The van der Waals surface area contributed by atoms with Crippen LogP contribution in [-0.4, -0.2) is 26.1 Å². The Kier molecular flexibility index (Phi) is 7.12. The van der Waals surface area contributed by atoms with Crippen molar-refractivity contribution in [1.82, 2.24) is 20.2 Å². The minimum atomic E-state index is -0.202. The lowest BCUT2D eigenvalue weighted by Crippen LogP contribution is -2.20. The van der Waals surface area contributed by atoms with E-state index in [-0.39, 0.29) is 19.1 Å². The maximum atomic E-state index is 12.2. The lowest BCUT2D eigenvalue weighted by atomic mass is 10.1. The number of nitrogens with one attached hydrogen (secondary N) is 1. The number of aryl methyl sites for hydroxylation is 1. The first-order chi connectivity index (χ1) is 13.7. The molecule has 1 aromatic heterocycles. The van der Waals surface area contributed by atoms with Gasteiger partial charge >= 0.3 is 0 Å². The van der Waals surface area contributed by atoms with Gasteiger partial charge in [0, 0.05) is 5.69 Å². The summed E-state index contributed by atoms with van der Waals surface area (Å²) < 4.78 is 5.57. The van der Waals surface area contributed by atoms with Crippen molar-refractivity contribution < 1.29 is 9.53 Å². The van der Waals surface area contributed by atoms with Crippen LogP contribution in [0.5, 0.6) is 5.75 Å². The maximum absolute atomic E-state index is 12.2. The topological polar surface area (TPSA) is 81.9 Å². The van der Waals surface area contributed by atoms with Gasteiger partial charge in [0.1, 0.15) is 12.3 Å². The van der Waals surface area contributed by atoms with Crippen molar-refractivity contribution in [3.63, 3.8) is 0 Å². The van der Waals surface area contributed by atoms with Gasteiger partial charge in [0.15, 0.2) is 6.61 Å². The second-order valence-corrected chi connectivity index (χ2v) is 6.54. The molecule has 0 saturated heterocycles. The van der Waals surface area contributed by atoms with Crippen LogP contribution in [0.3, 0.4) is 0 Å². The van der Waals surface area contributed by atoms with Gasteiger partial charge in [-0.1, -0.05) is 50.1 Å². The molecule has 28 heavy (non-hydrogen) atoms. The number of amides is 1. The molecule has 0 aliphatic rings. The van der Waals surface area contributed by atoms with E-state index in [1.807, 2.05) is 42.5 Å². The average molecular weight is 379 g/mol. The number of tetrazole rings is 1. The Morgan fingerprint density at radius 2 is 1.86 bits per heavy atom. The van der Waals surface area contributed by atoms with Crippen molar-refractivity contribution in [3.05, 3.63) is 66.0 Å². The van der Waals surface area contributed by atoms with Crippen LogP contribution in [0.25, 0.3) is 0 Å². The first-order valence-electron chi connectivity index (χ1n) is 9.56. The molecule has 0 unspecified atom stereocenters. The molecule has 0 aliphatic carbocycles. The fourth-order valence-corrected chi connectivity index (χ4v) is 2.73. The van der Waals surface area contributed by atoms with Gasteiger partial charge in [0.2, 0.25) is 11.7 Å². The van der Waals surface area contributed by atoms with Crippen LogP contribution < -0.4 is 10.1 Å². The lowest BCUT2D eigenvalue weighted by molar-refractivity contribution is -0.117. The van der Waals surface area contributed by atoms with E-state index in [4.69, 9.17) is 4.74 Å². The number of aromatic nitrogens is 4. The number of carbonyl (C=O) groups is 1. The highest BCUT2D eigenvalue weighted by Gasteiger charge is 2.09. The molecule has 1 amide bonds. The zero-order valence-corrected chi connectivity index (χ0v) is 16.0. The Hall–Kier alpha value is -3.22. The lowest BCUT2D eigenvalue weighted by Gasteiger charge is -2.06. The number of nitrogens with zero attached hydrogens (tertiary/aromatic N) is 4. The molecular formula is C21H25N5O2. The highest BCUT2D eigenvalue weighted by Crippen LogP contribution is 2.13.